The summed E-state index contributed by atoms with van der Waals surface area (Å²) in [5, 5.41) is 11.2. The van der Waals surface area contributed by atoms with Gasteiger partial charge in [-0.1, -0.05) is 29.8 Å². The third kappa shape index (κ3) is 2.24. The minimum atomic E-state index is 0.254. The molecule has 3 rings (SSSR count). The van der Waals surface area contributed by atoms with Gasteiger partial charge in [0, 0.05) is 12.4 Å². The van der Waals surface area contributed by atoms with Crippen LogP contribution in [-0.4, -0.2) is 11.4 Å². The van der Waals surface area contributed by atoms with Crippen LogP contribution in [0.1, 0.15) is 11.3 Å². The van der Waals surface area contributed by atoms with Gasteiger partial charge in [-0.15, -0.1) is 0 Å². The highest BCUT2D eigenvalue weighted by atomic mass is 35.5. The molecule has 2 heterocycles. The molecule has 0 fully saturated rings. The molecule has 20 heavy (non-hydrogen) atoms. The second-order valence-electron chi connectivity index (χ2n) is 4.37. The number of benzene rings is 1. The molecule has 0 spiro atoms. The van der Waals surface area contributed by atoms with E-state index in [2.05, 4.69) is 10.4 Å². The molecular formula is C14H10ClN3OS. The molecule has 0 saturated heterocycles. The number of hydrogen-bond acceptors (Lipinski definition) is 5. The van der Waals surface area contributed by atoms with E-state index in [-0.39, 0.29) is 5.15 Å². The Hall–Kier alpha value is -2.03. The van der Waals surface area contributed by atoms with E-state index in [0.717, 1.165) is 21.7 Å². The Bertz CT molecular complexity index is 769. The molecule has 2 aromatic heterocycles. The van der Waals surface area contributed by atoms with Crippen molar-refractivity contribution in [3.05, 3.63) is 46.8 Å². The van der Waals surface area contributed by atoms with Crippen molar-refractivity contribution < 1.29 is 4.42 Å². The Morgan fingerprint density at radius 3 is 3.00 bits per heavy atom. The van der Waals surface area contributed by atoms with Gasteiger partial charge in [-0.05, 0) is 23.7 Å². The average Bonchev–Trinajstić information content (AvgIpc) is 3.00. The van der Waals surface area contributed by atoms with Crippen LogP contribution in [0.3, 0.4) is 0 Å². The highest BCUT2D eigenvalue weighted by molar-refractivity contribution is 7.10. The van der Waals surface area contributed by atoms with Gasteiger partial charge in [-0.2, -0.15) is 9.64 Å². The van der Waals surface area contributed by atoms with Crippen molar-refractivity contribution in [1.29, 1.82) is 5.26 Å². The molecule has 0 radical (unpaired) electrons. The summed E-state index contributed by atoms with van der Waals surface area (Å²) in [5.41, 5.74) is 1.27. The van der Waals surface area contributed by atoms with E-state index in [0.29, 0.717) is 12.1 Å². The van der Waals surface area contributed by atoms with Gasteiger partial charge in [0.1, 0.15) is 28.0 Å². The first-order valence-electron chi connectivity index (χ1n) is 5.93. The normalized spacial score (nSPS) is 10.7. The Kier molecular flexibility index (Phi) is 3.35. The lowest BCUT2D eigenvalue weighted by molar-refractivity contribution is 0.546. The summed E-state index contributed by atoms with van der Waals surface area (Å²) >= 11 is 7.10. The standard InChI is InChI=1S/C14H10ClN3OS/c1-18(14-11(7-16)13(15)17-20-14)8-10-6-9-4-2-3-5-12(9)19-10/h2-6H,8H2,1H3. The van der Waals surface area contributed by atoms with Crippen LogP contribution in [0.4, 0.5) is 5.00 Å². The first-order chi connectivity index (χ1) is 9.69. The fraction of sp³-hybridized carbons (Fsp3) is 0.143. The summed E-state index contributed by atoms with van der Waals surface area (Å²) in [4.78, 5) is 1.92. The maximum Gasteiger partial charge on any atom is 0.162 e. The van der Waals surface area contributed by atoms with Crippen LogP contribution < -0.4 is 4.90 Å². The lowest BCUT2D eigenvalue weighted by atomic mass is 10.2. The van der Waals surface area contributed by atoms with E-state index in [4.69, 9.17) is 21.3 Å². The van der Waals surface area contributed by atoms with Gasteiger partial charge in [-0.3, -0.25) is 0 Å². The van der Waals surface area contributed by atoms with E-state index in [9.17, 15) is 0 Å². The second kappa shape index (κ2) is 5.16. The summed E-state index contributed by atoms with van der Waals surface area (Å²) in [5.74, 6) is 0.835. The Morgan fingerprint density at radius 2 is 2.25 bits per heavy atom. The minimum absolute atomic E-state index is 0.254. The molecule has 3 aromatic rings. The second-order valence-corrected chi connectivity index (χ2v) is 5.48. The van der Waals surface area contributed by atoms with Gasteiger partial charge in [0.2, 0.25) is 0 Å². The predicted molar refractivity (Wildman–Crippen MR) is 80.2 cm³/mol. The molecule has 0 aliphatic heterocycles. The number of hydrogen-bond donors (Lipinski definition) is 0. The monoisotopic (exact) mass is 303 g/mol. The molecule has 6 heteroatoms. The zero-order valence-corrected chi connectivity index (χ0v) is 12.2. The summed E-state index contributed by atoms with van der Waals surface area (Å²) < 4.78 is 9.77. The third-order valence-corrected chi connectivity index (χ3v) is 4.30. The minimum Gasteiger partial charge on any atom is -0.459 e. The van der Waals surface area contributed by atoms with Crippen LogP contribution in [0.15, 0.2) is 34.7 Å². The van der Waals surface area contributed by atoms with Crippen molar-refractivity contribution in [2.24, 2.45) is 0 Å². The molecule has 1 aromatic carbocycles. The summed E-state index contributed by atoms with van der Waals surface area (Å²) in [6.07, 6.45) is 0. The molecule has 0 aliphatic rings. The fourth-order valence-corrected chi connectivity index (χ4v) is 3.02. The van der Waals surface area contributed by atoms with Crippen LogP contribution in [0.2, 0.25) is 5.15 Å². The van der Waals surface area contributed by atoms with Gasteiger partial charge in [0.05, 0.1) is 6.54 Å². The van der Waals surface area contributed by atoms with Crippen molar-refractivity contribution in [3.8, 4) is 6.07 Å². The highest BCUT2D eigenvalue weighted by Gasteiger charge is 2.16. The Morgan fingerprint density at radius 1 is 1.45 bits per heavy atom. The topological polar surface area (TPSA) is 53.1 Å². The lowest BCUT2D eigenvalue weighted by Crippen LogP contribution is -2.15. The van der Waals surface area contributed by atoms with E-state index >= 15 is 0 Å². The van der Waals surface area contributed by atoms with E-state index in [1.54, 1.807) is 0 Å². The zero-order chi connectivity index (χ0) is 14.1. The van der Waals surface area contributed by atoms with Crippen LogP contribution >= 0.6 is 23.1 Å². The maximum absolute atomic E-state index is 9.10. The molecule has 0 unspecified atom stereocenters. The van der Waals surface area contributed by atoms with Gasteiger partial charge in [-0.25, -0.2) is 0 Å². The van der Waals surface area contributed by atoms with Crippen LogP contribution in [0.5, 0.6) is 0 Å². The molecule has 0 amide bonds. The number of aromatic nitrogens is 1. The number of nitriles is 1. The molecule has 0 saturated carbocycles. The smallest absolute Gasteiger partial charge is 0.162 e. The summed E-state index contributed by atoms with van der Waals surface area (Å²) in [7, 11) is 1.89. The van der Waals surface area contributed by atoms with Crippen LogP contribution in [0.25, 0.3) is 11.0 Å². The summed E-state index contributed by atoms with van der Waals surface area (Å²) in [6, 6.07) is 11.9. The first kappa shape index (κ1) is 13.0. The van der Waals surface area contributed by atoms with Crippen molar-refractivity contribution in [1.82, 2.24) is 4.37 Å². The van der Waals surface area contributed by atoms with Crippen molar-refractivity contribution in [2.75, 3.05) is 11.9 Å². The largest absolute Gasteiger partial charge is 0.459 e. The Labute approximate surface area is 125 Å². The van der Waals surface area contributed by atoms with Crippen LogP contribution in [-0.2, 0) is 6.54 Å². The molecule has 100 valence electrons. The van der Waals surface area contributed by atoms with Crippen molar-refractivity contribution >= 4 is 39.1 Å². The molecule has 0 atom stereocenters. The average molecular weight is 304 g/mol. The zero-order valence-electron chi connectivity index (χ0n) is 10.6. The molecule has 4 nitrogen and oxygen atoms in total. The van der Waals surface area contributed by atoms with Crippen molar-refractivity contribution in [3.63, 3.8) is 0 Å². The first-order valence-corrected chi connectivity index (χ1v) is 7.08. The quantitative estimate of drug-likeness (QED) is 0.732. The molecule has 0 aliphatic carbocycles. The number of anilines is 1. The van der Waals surface area contributed by atoms with Crippen molar-refractivity contribution in [2.45, 2.75) is 6.54 Å². The third-order valence-electron chi connectivity index (χ3n) is 2.96. The van der Waals surface area contributed by atoms with Gasteiger partial charge in [0.15, 0.2) is 5.15 Å². The van der Waals surface area contributed by atoms with Gasteiger partial charge >= 0.3 is 0 Å². The number of halogens is 1. The Balaban J connectivity index is 1.88. The van der Waals surface area contributed by atoms with E-state index in [1.807, 2.05) is 42.3 Å². The van der Waals surface area contributed by atoms with Crippen LogP contribution in [0, 0.1) is 11.3 Å². The van der Waals surface area contributed by atoms with E-state index < -0.39 is 0 Å². The molecule has 0 bridgehead atoms. The predicted octanol–water partition coefficient (Wildman–Crippen LogP) is 4.05. The highest BCUT2D eigenvalue weighted by Crippen LogP contribution is 2.31. The van der Waals surface area contributed by atoms with Gasteiger partial charge < -0.3 is 9.32 Å². The SMILES string of the molecule is CN(Cc1cc2ccccc2o1)c1snc(Cl)c1C#N. The fourth-order valence-electron chi connectivity index (χ4n) is 2.04. The number of rotatable bonds is 3. The number of furan rings is 1. The number of para-hydroxylation sites is 1. The lowest BCUT2D eigenvalue weighted by Gasteiger charge is -2.14. The van der Waals surface area contributed by atoms with Gasteiger partial charge in [0.25, 0.3) is 0 Å². The number of fused-ring (bicyclic) bond motifs is 1. The number of nitrogens with zero attached hydrogens (tertiary/aromatic N) is 3. The van der Waals surface area contributed by atoms with E-state index in [1.165, 1.54) is 11.5 Å². The maximum atomic E-state index is 9.10. The molecular weight excluding hydrogens is 294 g/mol. The molecule has 0 N–H and O–H groups in total. The summed E-state index contributed by atoms with van der Waals surface area (Å²) in [6.45, 7) is 0.557.